The average Bonchev–Trinajstić information content (AvgIpc) is 2.93. The highest BCUT2D eigenvalue weighted by molar-refractivity contribution is 5.39. The maximum atomic E-state index is 9.54. The van der Waals surface area contributed by atoms with Gasteiger partial charge in [-0.25, -0.2) is 0 Å². The van der Waals surface area contributed by atoms with E-state index >= 15 is 0 Å². The molecule has 3 N–H and O–H groups in total. The fourth-order valence-electron chi connectivity index (χ4n) is 1.88. The second-order valence-corrected chi connectivity index (χ2v) is 4.28. The predicted molar refractivity (Wildman–Crippen MR) is 57.1 cm³/mol. The Kier molecular flexibility index (Phi) is 2.46. The van der Waals surface area contributed by atoms with E-state index in [-0.39, 0.29) is 6.04 Å². The van der Waals surface area contributed by atoms with E-state index in [1.807, 2.05) is 19.1 Å². The molecule has 1 fully saturated rings. The zero-order chi connectivity index (χ0) is 10.1. The third-order valence-corrected chi connectivity index (χ3v) is 3.03. The highest BCUT2D eigenvalue weighted by Gasteiger charge is 2.25. The van der Waals surface area contributed by atoms with E-state index in [0.717, 1.165) is 23.5 Å². The Hall–Kier alpha value is -1.02. The van der Waals surface area contributed by atoms with E-state index in [1.165, 1.54) is 12.8 Å². The van der Waals surface area contributed by atoms with E-state index in [9.17, 15) is 5.11 Å². The normalized spacial score (nSPS) is 18.1. The molecule has 1 aromatic carbocycles. The van der Waals surface area contributed by atoms with Crippen LogP contribution in [-0.2, 0) is 0 Å². The van der Waals surface area contributed by atoms with Gasteiger partial charge in [0.25, 0.3) is 0 Å². The van der Waals surface area contributed by atoms with E-state index in [1.54, 1.807) is 6.07 Å². The van der Waals surface area contributed by atoms with Crippen molar-refractivity contribution in [2.75, 3.05) is 0 Å². The van der Waals surface area contributed by atoms with Crippen LogP contribution in [0.3, 0.4) is 0 Å². The molecular formula is C12H17NO. The summed E-state index contributed by atoms with van der Waals surface area (Å²) in [6.45, 7) is 1.93. The lowest BCUT2D eigenvalue weighted by Crippen LogP contribution is -2.12. The number of benzene rings is 1. The standard InChI is InChI=1S/C12H17NO/c1-8-10(3-2-4-12(8)14)11(13)7-9-5-6-9/h2-4,9,11,14H,5-7,13H2,1H3. The van der Waals surface area contributed by atoms with Crippen molar-refractivity contribution >= 4 is 0 Å². The molecule has 0 heterocycles. The Morgan fingerprint density at radius 1 is 1.50 bits per heavy atom. The van der Waals surface area contributed by atoms with Crippen molar-refractivity contribution in [3.8, 4) is 5.75 Å². The van der Waals surface area contributed by atoms with Crippen LogP contribution in [0.5, 0.6) is 5.75 Å². The summed E-state index contributed by atoms with van der Waals surface area (Å²) in [6, 6.07) is 5.68. The summed E-state index contributed by atoms with van der Waals surface area (Å²) in [5.41, 5.74) is 8.12. The van der Waals surface area contributed by atoms with Gasteiger partial charge in [0.15, 0.2) is 0 Å². The molecule has 2 rings (SSSR count). The molecule has 76 valence electrons. The fourth-order valence-corrected chi connectivity index (χ4v) is 1.88. The van der Waals surface area contributed by atoms with Crippen molar-refractivity contribution in [3.05, 3.63) is 29.3 Å². The zero-order valence-corrected chi connectivity index (χ0v) is 8.53. The molecule has 0 aliphatic heterocycles. The van der Waals surface area contributed by atoms with Crippen LogP contribution in [0.25, 0.3) is 0 Å². The van der Waals surface area contributed by atoms with Gasteiger partial charge in [0.2, 0.25) is 0 Å². The van der Waals surface area contributed by atoms with Crippen LogP contribution < -0.4 is 5.73 Å². The quantitative estimate of drug-likeness (QED) is 0.771. The summed E-state index contributed by atoms with van der Waals surface area (Å²) in [7, 11) is 0. The SMILES string of the molecule is Cc1c(O)cccc1C(N)CC1CC1. The van der Waals surface area contributed by atoms with Gasteiger partial charge in [-0.1, -0.05) is 25.0 Å². The van der Waals surface area contributed by atoms with Gasteiger partial charge < -0.3 is 10.8 Å². The van der Waals surface area contributed by atoms with Crippen LogP contribution in [0, 0.1) is 12.8 Å². The second-order valence-electron chi connectivity index (χ2n) is 4.28. The molecule has 1 saturated carbocycles. The minimum Gasteiger partial charge on any atom is -0.508 e. The first-order valence-electron chi connectivity index (χ1n) is 5.22. The van der Waals surface area contributed by atoms with Crippen LogP contribution in [0.2, 0.25) is 0 Å². The fraction of sp³-hybridized carbons (Fsp3) is 0.500. The zero-order valence-electron chi connectivity index (χ0n) is 8.53. The first-order chi connectivity index (χ1) is 6.68. The number of hydrogen-bond donors (Lipinski definition) is 2. The highest BCUT2D eigenvalue weighted by Crippen LogP contribution is 2.38. The topological polar surface area (TPSA) is 46.2 Å². The maximum absolute atomic E-state index is 9.54. The summed E-state index contributed by atoms with van der Waals surface area (Å²) >= 11 is 0. The van der Waals surface area contributed by atoms with E-state index < -0.39 is 0 Å². The van der Waals surface area contributed by atoms with Gasteiger partial charge in [-0.2, -0.15) is 0 Å². The minimum atomic E-state index is 0.0922. The van der Waals surface area contributed by atoms with Gasteiger partial charge in [0.1, 0.15) is 5.75 Å². The Morgan fingerprint density at radius 3 is 2.86 bits per heavy atom. The van der Waals surface area contributed by atoms with Gasteiger partial charge >= 0.3 is 0 Å². The lowest BCUT2D eigenvalue weighted by atomic mass is 9.97. The third-order valence-electron chi connectivity index (χ3n) is 3.03. The Morgan fingerprint density at radius 2 is 2.21 bits per heavy atom. The lowest BCUT2D eigenvalue weighted by Gasteiger charge is -2.14. The summed E-state index contributed by atoms with van der Waals surface area (Å²) in [4.78, 5) is 0. The molecule has 0 spiro atoms. The molecule has 2 nitrogen and oxygen atoms in total. The van der Waals surface area contributed by atoms with Crippen LogP contribution in [-0.4, -0.2) is 5.11 Å². The number of phenols is 1. The number of phenolic OH excluding ortho intramolecular Hbond substituents is 1. The average molecular weight is 191 g/mol. The molecule has 14 heavy (non-hydrogen) atoms. The molecule has 2 heteroatoms. The number of rotatable bonds is 3. The van der Waals surface area contributed by atoms with Crippen molar-refractivity contribution < 1.29 is 5.11 Å². The minimum absolute atomic E-state index is 0.0922. The highest BCUT2D eigenvalue weighted by atomic mass is 16.3. The maximum Gasteiger partial charge on any atom is 0.118 e. The monoisotopic (exact) mass is 191 g/mol. The van der Waals surface area contributed by atoms with E-state index in [0.29, 0.717) is 5.75 Å². The van der Waals surface area contributed by atoms with Gasteiger partial charge in [-0.05, 0) is 36.5 Å². The van der Waals surface area contributed by atoms with Gasteiger partial charge in [-0.3, -0.25) is 0 Å². The summed E-state index contributed by atoms with van der Waals surface area (Å²) < 4.78 is 0. The molecule has 0 aromatic heterocycles. The van der Waals surface area contributed by atoms with Crippen LogP contribution in [0.1, 0.15) is 36.4 Å². The molecule has 0 saturated heterocycles. The predicted octanol–water partition coefficient (Wildman–Crippen LogP) is 2.50. The van der Waals surface area contributed by atoms with Crippen molar-refractivity contribution in [2.45, 2.75) is 32.2 Å². The lowest BCUT2D eigenvalue weighted by molar-refractivity contribution is 0.467. The molecule has 0 bridgehead atoms. The number of hydrogen-bond acceptors (Lipinski definition) is 2. The largest absolute Gasteiger partial charge is 0.508 e. The Balaban J connectivity index is 2.16. The molecule has 1 unspecified atom stereocenters. The first-order valence-corrected chi connectivity index (χ1v) is 5.22. The summed E-state index contributed by atoms with van der Waals surface area (Å²) in [6.07, 6.45) is 3.71. The van der Waals surface area contributed by atoms with Gasteiger partial charge in [0, 0.05) is 6.04 Å². The van der Waals surface area contributed by atoms with Crippen LogP contribution in [0.15, 0.2) is 18.2 Å². The molecule has 0 radical (unpaired) electrons. The van der Waals surface area contributed by atoms with E-state index in [2.05, 4.69) is 0 Å². The molecule has 1 aliphatic rings. The number of nitrogens with two attached hydrogens (primary N) is 1. The molecule has 0 amide bonds. The van der Waals surface area contributed by atoms with Crippen molar-refractivity contribution in [3.63, 3.8) is 0 Å². The third kappa shape index (κ3) is 1.90. The van der Waals surface area contributed by atoms with Crippen molar-refractivity contribution in [1.29, 1.82) is 0 Å². The number of aromatic hydroxyl groups is 1. The van der Waals surface area contributed by atoms with Gasteiger partial charge in [0.05, 0.1) is 0 Å². The molecular weight excluding hydrogens is 174 g/mol. The molecule has 1 atom stereocenters. The van der Waals surface area contributed by atoms with E-state index in [4.69, 9.17) is 5.73 Å². The molecule has 1 aliphatic carbocycles. The van der Waals surface area contributed by atoms with Crippen LogP contribution >= 0.6 is 0 Å². The first kappa shape index (κ1) is 9.53. The summed E-state index contributed by atoms with van der Waals surface area (Å²) in [5, 5.41) is 9.54. The second kappa shape index (κ2) is 3.62. The van der Waals surface area contributed by atoms with Crippen molar-refractivity contribution in [1.82, 2.24) is 0 Å². The summed E-state index contributed by atoms with van der Waals surface area (Å²) in [5.74, 6) is 1.18. The van der Waals surface area contributed by atoms with Crippen LogP contribution in [0.4, 0.5) is 0 Å². The van der Waals surface area contributed by atoms with Crippen molar-refractivity contribution in [2.24, 2.45) is 11.7 Å². The smallest absolute Gasteiger partial charge is 0.118 e. The van der Waals surface area contributed by atoms with Gasteiger partial charge in [-0.15, -0.1) is 0 Å². The Bertz CT molecular complexity index is 331. The Labute approximate surface area is 84.7 Å². The molecule has 1 aromatic rings.